The van der Waals surface area contributed by atoms with Crippen molar-refractivity contribution in [2.75, 3.05) is 4.72 Å². The summed E-state index contributed by atoms with van der Waals surface area (Å²) in [6.45, 7) is 2.10. The van der Waals surface area contributed by atoms with Crippen LogP contribution in [0.4, 0.5) is 5.82 Å². The predicted molar refractivity (Wildman–Crippen MR) is 144 cm³/mol. The Bertz CT molecular complexity index is 1840. The van der Waals surface area contributed by atoms with Crippen LogP contribution < -0.4 is 4.72 Å². The van der Waals surface area contributed by atoms with Crippen LogP contribution in [-0.4, -0.2) is 17.6 Å². The molecule has 0 aliphatic heterocycles. The summed E-state index contributed by atoms with van der Waals surface area (Å²) in [6, 6.07) is 29.3. The molecule has 0 bridgehead atoms. The number of benzene rings is 4. The van der Waals surface area contributed by atoms with Gasteiger partial charge in [-0.25, -0.2) is 8.42 Å². The fraction of sp³-hybridized carbons (Fsp3) is 0.103. The Hall–Kier alpha value is -4.03. The highest BCUT2D eigenvalue weighted by Crippen LogP contribution is 2.43. The number of anilines is 1. The van der Waals surface area contributed by atoms with E-state index in [1.54, 1.807) is 12.1 Å². The molecule has 4 aromatic carbocycles. The summed E-state index contributed by atoms with van der Waals surface area (Å²) in [4.78, 5) is 0.237. The van der Waals surface area contributed by atoms with E-state index in [2.05, 4.69) is 34.4 Å². The maximum absolute atomic E-state index is 13.7. The van der Waals surface area contributed by atoms with Gasteiger partial charge < -0.3 is 9.13 Å². The van der Waals surface area contributed by atoms with Gasteiger partial charge in [0.15, 0.2) is 0 Å². The summed E-state index contributed by atoms with van der Waals surface area (Å²) in [6.07, 6.45) is 0. The molecule has 0 aliphatic rings. The number of aryl methyl sites for hydroxylation is 3. The lowest BCUT2D eigenvalue weighted by atomic mass is 10.0. The summed E-state index contributed by atoms with van der Waals surface area (Å²) >= 11 is 0. The molecule has 0 amide bonds. The number of aromatic nitrogens is 2. The zero-order valence-electron chi connectivity index (χ0n) is 19.8. The molecule has 0 aliphatic carbocycles. The van der Waals surface area contributed by atoms with E-state index < -0.39 is 10.0 Å². The molecule has 6 aromatic rings. The number of para-hydroxylation sites is 2. The molecule has 2 aromatic heterocycles. The number of fused-ring (bicyclic) bond motifs is 3. The Morgan fingerprint density at radius 2 is 1.29 bits per heavy atom. The van der Waals surface area contributed by atoms with Gasteiger partial charge in [0.2, 0.25) is 0 Å². The third kappa shape index (κ3) is 3.25. The van der Waals surface area contributed by atoms with Gasteiger partial charge in [0.05, 0.1) is 16.1 Å². The van der Waals surface area contributed by atoms with Gasteiger partial charge in [0, 0.05) is 35.9 Å². The normalized spacial score (nSPS) is 12.1. The first kappa shape index (κ1) is 21.5. The Kier molecular flexibility index (Phi) is 4.76. The molecule has 6 heteroatoms. The van der Waals surface area contributed by atoms with E-state index in [0.717, 1.165) is 49.4 Å². The third-order valence-electron chi connectivity index (χ3n) is 6.97. The summed E-state index contributed by atoms with van der Waals surface area (Å²) in [5, 5.41) is 4.04. The third-order valence-corrected chi connectivity index (χ3v) is 8.30. The highest BCUT2D eigenvalue weighted by Gasteiger charge is 2.26. The molecule has 0 radical (unpaired) electrons. The second kappa shape index (κ2) is 7.75. The minimum Gasteiger partial charge on any atom is -0.343 e. The molecular formula is C29H25N3O2S. The van der Waals surface area contributed by atoms with Gasteiger partial charge in [0.25, 0.3) is 10.0 Å². The molecule has 1 N–H and O–H groups in total. The Balaban J connectivity index is 1.60. The summed E-state index contributed by atoms with van der Waals surface area (Å²) in [5.74, 6) is 0.549. The monoisotopic (exact) mass is 479 g/mol. The van der Waals surface area contributed by atoms with Crippen molar-refractivity contribution in [3.8, 4) is 11.3 Å². The molecule has 6 rings (SSSR count). The molecule has 0 atom stereocenters. The Morgan fingerprint density at radius 1 is 0.686 bits per heavy atom. The van der Waals surface area contributed by atoms with E-state index in [0.29, 0.717) is 5.82 Å². The van der Waals surface area contributed by atoms with Crippen LogP contribution in [0.3, 0.4) is 0 Å². The molecule has 0 unspecified atom stereocenters. The standard InChI is InChI=1S/C29H25N3O2S/c1-19-23-12-6-8-14-25(23)31(2)28(19)27-24-13-7-9-15-26(24)32(3)29(27)30-35(33,34)22-17-16-20-10-4-5-11-21(20)18-22/h4-18,30H,1-3H3. The molecule has 5 nitrogen and oxygen atoms in total. The van der Waals surface area contributed by atoms with Crippen LogP contribution in [-0.2, 0) is 24.1 Å². The van der Waals surface area contributed by atoms with Crippen molar-refractivity contribution in [2.24, 2.45) is 14.1 Å². The molecule has 35 heavy (non-hydrogen) atoms. The van der Waals surface area contributed by atoms with Crippen LogP contribution in [0.15, 0.2) is 95.9 Å². The fourth-order valence-corrected chi connectivity index (χ4v) is 6.35. The average molecular weight is 480 g/mol. The zero-order valence-corrected chi connectivity index (χ0v) is 20.6. The number of nitrogens with one attached hydrogen (secondary N) is 1. The summed E-state index contributed by atoms with van der Waals surface area (Å²) < 4.78 is 34.4. The first-order valence-electron chi connectivity index (χ1n) is 11.5. The molecule has 0 fully saturated rings. The van der Waals surface area contributed by atoms with E-state index in [9.17, 15) is 8.42 Å². The van der Waals surface area contributed by atoms with Crippen molar-refractivity contribution in [3.63, 3.8) is 0 Å². The van der Waals surface area contributed by atoms with Crippen molar-refractivity contribution in [1.29, 1.82) is 0 Å². The topological polar surface area (TPSA) is 56.0 Å². The quantitative estimate of drug-likeness (QED) is 0.310. The van der Waals surface area contributed by atoms with Crippen molar-refractivity contribution >= 4 is 48.4 Å². The first-order chi connectivity index (χ1) is 16.9. The van der Waals surface area contributed by atoms with Crippen molar-refractivity contribution < 1.29 is 8.42 Å². The van der Waals surface area contributed by atoms with E-state index in [4.69, 9.17) is 0 Å². The zero-order chi connectivity index (χ0) is 24.3. The first-order valence-corrected chi connectivity index (χ1v) is 13.0. The van der Waals surface area contributed by atoms with Crippen LogP contribution in [0.2, 0.25) is 0 Å². The summed E-state index contributed by atoms with van der Waals surface area (Å²) in [5.41, 5.74) is 5.06. The SMILES string of the molecule is Cc1c(-c2c(NS(=O)(=O)c3ccc4ccccc4c3)n(C)c3ccccc23)n(C)c2ccccc12. The number of hydrogen-bond donors (Lipinski definition) is 1. The summed E-state index contributed by atoms with van der Waals surface area (Å²) in [7, 11) is 0.0993. The largest absolute Gasteiger partial charge is 0.343 e. The van der Waals surface area contributed by atoms with E-state index in [1.807, 2.05) is 79.3 Å². The minimum atomic E-state index is -3.84. The van der Waals surface area contributed by atoms with Crippen molar-refractivity contribution in [3.05, 3.63) is 96.6 Å². The van der Waals surface area contributed by atoms with Gasteiger partial charge in [-0.1, -0.05) is 66.7 Å². The molecular weight excluding hydrogens is 454 g/mol. The van der Waals surface area contributed by atoms with E-state index >= 15 is 0 Å². The van der Waals surface area contributed by atoms with Gasteiger partial charge in [0.1, 0.15) is 5.82 Å². The lowest BCUT2D eigenvalue weighted by Crippen LogP contribution is -2.16. The fourth-order valence-electron chi connectivity index (χ4n) is 5.21. The van der Waals surface area contributed by atoms with Gasteiger partial charge in [-0.05, 0) is 47.5 Å². The lowest BCUT2D eigenvalue weighted by molar-refractivity contribution is 0.601. The molecule has 174 valence electrons. The molecule has 2 heterocycles. The average Bonchev–Trinajstić information content (AvgIpc) is 3.28. The van der Waals surface area contributed by atoms with Gasteiger partial charge in [-0.3, -0.25) is 4.72 Å². The van der Waals surface area contributed by atoms with Crippen LogP contribution in [0.25, 0.3) is 43.8 Å². The minimum absolute atomic E-state index is 0.237. The second-order valence-electron chi connectivity index (χ2n) is 8.96. The van der Waals surface area contributed by atoms with E-state index in [-0.39, 0.29) is 4.90 Å². The molecule has 0 spiro atoms. The molecule has 0 saturated heterocycles. The van der Waals surface area contributed by atoms with Crippen molar-refractivity contribution in [1.82, 2.24) is 9.13 Å². The Morgan fingerprint density at radius 3 is 2.00 bits per heavy atom. The number of hydrogen-bond acceptors (Lipinski definition) is 2. The van der Waals surface area contributed by atoms with Gasteiger partial charge >= 0.3 is 0 Å². The second-order valence-corrected chi connectivity index (χ2v) is 10.6. The lowest BCUT2D eigenvalue weighted by Gasteiger charge is -2.14. The van der Waals surface area contributed by atoms with Crippen LogP contribution >= 0.6 is 0 Å². The number of sulfonamides is 1. The number of nitrogens with zero attached hydrogens (tertiary/aromatic N) is 2. The molecule has 0 saturated carbocycles. The maximum Gasteiger partial charge on any atom is 0.263 e. The Labute approximate surface area is 204 Å². The highest BCUT2D eigenvalue weighted by molar-refractivity contribution is 7.92. The smallest absolute Gasteiger partial charge is 0.263 e. The highest BCUT2D eigenvalue weighted by atomic mass is 32.2. The van der Waals surface area contributed by atoms with Crippen LogP contribution in [0.1, 0.15) is 5.56 Å². The van der Waals surface area contributed by atoms with Gasteiger partial charge in [-0.15, -0.1) is 0 Å². The van der Waals surface area contributed by atoms with Crippen molar-refractivity contribution in [2.45, 2.75) is 11.8 Å². The van der Waals surface area contributed by atoms with E-state index in [1.165, 1.54) is 0 Å². The predicted octanol–water partition coefficient (Wildman–Crippen LogP) is 6.60. The van der Waals surface area contributed by atoms with Crippen LogP contribution in [0, 0.1) is 6.92 Å². The maximum atomic E-state index is 13.7. The number of rotatable bonds is 4. The van der Waals surface area contributed by atoms with Gasteiger partial charge in [-0.2, -0.15) is 0 Å². The van der Waals surface area contributed by atoms with Crippen LogP contribution in [0.5, 0.6) is 0 Å².